The summed E-state index contributed by atoms with van der Waals surface area (Å²) in [6.45, 7) is 6.24. The first-order valence-corrected chi connectivity index (χ1v) is 22.4. The van der Waals surface area contributed by atoms with E-state index in [1.165, 1.54) is 22.8 Å². The number of aromatic nitrogens is 2. The van der Waals surface area contributed by atoms with Gasteiger partial charge in [0.05, 0.1) is 42.5 Å². The Hall–Kier alpha value is -5.10. The first kappa shape index (κ1) is 41.6. The Morgan fingerprint density at radius 2 is 1.70 bits per heavy atom. The molecule has 5 heterocycles. The Morgan fingerprint density at radius 3 is 2.43 bits per heavy atom. The fourth-order valence-corrected chi connectivity index (χ4v) is 9.88. The zero-order valence-corrected chi connectivity index (χ0v) is 35.1. The van der Waals surface area contributed by atoms with E-state index < -0.39 is 39.4 Å². The highest BCUT2D eigenvalue weighted by Crippen LogP contribution is 2.40. The van der Waals surface area contributed by atoms with Crippen LogP contribution in [0.15, 0.2) is 54.7 Å². The third-order valence-electron chi connectivity index (χ3n) is 12.0. The fraction of sp³-hybridized carbons (Fsp3) is 0.429. The quantitative estimate of drug-likeness (QED) is 0.153. The highest BCUT2D eigenvalue weighted by atomic mass is 35.5. The predicted octanol–water partition coefficient (Wildman–Crippen LogP) is 5.58. The molecule has 1 atom stereocenters. The molecule has 4 aromatic rings. The van der Waals surface area contributed by atoms with Gasteiger partial charge >= 0.3 is 0 Å². The summed E-state index contributed by atoms with van der Waals surface area (Å²) in [4.78, 5) is 39.9. The van der Waals surface area contributed by atoms with E-state index >= 15 is 8.78 Å². The number of carbonyl (C=O) groups is 2. The van der Waals surface area contributed by atoms with Crippen LogP contribution in [0.4, 0.5) is 43.3 Å². The number of anilines is 6. The number of amides is 2. The molecule has 14 nitrogen and oxygen atoms in total. The first-order valence-electron chi connectivity index (χ1n) is 20.2. The minimum atomic E-state index is -3.47. The molecule has 318 valence electrons. The van der Waals surface area contributed by atoms with Crippen molar-refractivity contribution in [1.82, 2.24) is 25.1 Å². The number of fused-ring (bicyclic) bond motifs is 1. The molecule has 1 aromatic heterocycles. The highest BCUT2D eigenvalue weighted by molar-refractivity contribution is 7.92. The lowest BCUT2D eigenvalue weighted by Crippen LogP contribution is -2.53. The van der Waals surface area contributed by atoms with Gasteiger partial charge in [-0.15, -0.1) is 0 Å². The normalized spacial score (nSPS) is 19.3. The zero-order chi connectivity index (χ0) is 42.1. The molecule has 4 aliphatic rings. The van der Waals surface area contributed by atoms with Crippen LogP contribution < -0.4 is 29.9 Å². The van der Waals surface area contributed by atoms with Crippen LogP contribution in [0.3, 0.4) is 0 Å². The van der Waals surface area contributed by atoms with Crippen LogP contribution in [0.2, 0.25) is 5.02 Å². The molecule has 0 spiro atoms. The molecule has 60 heavy (non-hydrogen) atoms. The van der Waals surface area contributed by atoms with Crippen LogP contribution in [0.25, 0.3) is 0 Å². The fourth-order valence-electron chi connectivity index (χ4n) is 8.77. The van der Waals surface area contributed by atoms with Crippen molar-refractivity contribution in [3.8, 4) is 5.75 Å². The molecule has 0 bridgehead atoms. The Morgan fingerprint density at radius 1 is 0.917 bits per heavy atom. The smallest absolute Gasteiger partial charge is 0.234 e. The highest BCUT2D eigenvalue weighted by Gasteiger charge is 2.33. The predicted molar refractivity (Wildman–Crippen MR) is 227 cm³/mol. The summed E-state index contributed by atoms with van der Waals surface area (Å²) in [5.41, 5.74) is 4.09. The third kappa shape index (κ3) is 8.85. The summed E-state index contributed by atoms with van der Waals surface area (Å²) in [5.74, 6) is -2.53. The average molecular weight is 864 g/mol. The van der Waals surface area contributed by atoms with Crippen molar-refractivity contribution in [1.29, 1.82) is 0 Å². The number of piperazine rings is 1. The van der Waals surface area contributed by atoms with Gasteiger partial charge in [-0.05, 0) is 61.4 Å². The number of nitrogens with zero attached hydrogens (tertiary/aromatic N) is 6. The van der Waals surface area contributed by atoms with Crippen LogP contribution in [0.5, 0.6) is 5.75 Å². The van der Waals surface area contributed by atoms with Gasteiger partial charge in [0.25, 0.3) is 0 Å². The Balaban J connectivity index is 0.828. The zero-order valence-electron chi connectivity index (χ0n) is 33.5. The number of hydrogen-bond acceptors (Lipinski definition) is 12. The van der Waals surface area contributed by atoms with E-state index in [1.54, 1.807) is 19.2 Å². The maximum atomic E-state index is 15.1. The Kier molecular flexibility index (Phi) is 12.1. The van der Waals surface area contributed by atoms with E-state index in [-0.39, 0.29) is 34.9 Å². The Bertz CT molecular complexity index is 2390. The van der Waals surface area contributed by atoms with Crippen LogP contribution >= 0.6 is 11.6 Å². The summed E-state index contributed by atoms with van der Waals surface area (Å²) in [5, 5.41) is 8.96. The maximum Gasteiger partial charge on any atom is 0.234 e. The van der Waals surface area contributed by atoms with Gasteiger partial charge in [0, 0.05) is 82.1 Å². The maximum absolute atomic E-state index is 15.1. The van der Waals surface area contributed by atoms with E-state index in [9.17, 15) is 18.0 Å². The molecule has 3 fully saturated rings. The summed E-state index contributed by atoms with van der Waals surface area (Å²) in [6, 6.07) is 15.1. The number of hydrogen-bond donors (Lipinski definition) is 3. The van der Waals surface area contributed by atoms with E-state index in [1.807, 2.05) is 30.3 Å². The summed E-state index contributed by atoms with van der Waals surface area (Å²) < 4.78 is 62.4. The van der Waals surface area contributed by atoms with Crippen molar-refractivity contribution in [2.45, 2.75) is 50.5 Å². The molecule has 0 saturated carbocycles. The molecule has 0 radical (unpaired) electrons. The Labute approximate surface area is 353 Å². The third-order valence-corrected chi connectivity index (χ3v) is 13.5. The number of sulfonamides is 1. The number of nitrogens with one attached hydrogen (secondary N) is 3. The molecule has 3 aromatic carbocycles. The second-order valence-corrected chi connectivity index (χ2v) is 18.0. The first-order chi connectivity index (χ1) is 28.9. The molecule has 18 heteroatoms. The number of para-hydroxylation sites is 1. The summed E-state index contributed by atoms with van der Waals surface area (Å²) in [7, 11) is -1.86. The van der Waals surface area contributed by atoms with E-state index in [2.05, 4.69) is 40.6 Å². The van der Waals surface area contributed by atoms with Crippen molar-refractivity contribution >= 4 is 68.0 Å². The number of halogens is 3. The lowest BCUT2D eigenvalue weighted by atomic mass is 9.89. The van der Waals surface area contributed by atoms with Crippen LogP contribution in [0, 0.1) is 11.6 Å². The lowest BCUT2D eigenvalue weighted by molar-refractivity contribution is -0.134. The van der Waals surface area contributed by atoms with Gasteiger partial charge in [-0.1, -0.05) is 35.9 Å². The molecular weight excluding hydrogens is 816 g/mol. The van der Waals surface area contributed by atoms with Crippen LogP contribution in [0.1, 0.15) is 48.3 Å². The van der Waals surface area contributed by atoms with Crippen molar-refractivity contribution in [3.05, 3.63) is 88.1 Å². The molecule has 8 rings (SSSR count). The molecular formula is C42H48ClF2N9O5S. The number of methoxy groups -OCH3 is 1. The summed E-state index contributed by atoms with van der Waals surface area (Å²) in [6.07, 6.45) is 5.95. The summed E-state index contributed by atoms with van der Waals surface area (Å²) >= 11 is 6.51. The molecule has 4 aliphatic heterocycles. The largest absolute Gasteiger partial charge is 0.494 e. The number of carbonyl (C=O) groups excluding carboxylic acids is 2. The standard InChI is InChI=1S/C42H48ClF2N9O5S/c1-59-35-24-29(7-10-33(35)48-42-46-25-32(43)40(50-42)47-34-5-3-4-27-13-19-54(39(27)34)60(2,57)58)52-17-14-28(15-18-52)53-22-20-51(21-23-53)16-12-26-6-8-30(38(45)37(26)44)31-9-11-36(55)49-41(31)56/h3-8,10,24-25,28,31H,9,11-23H2,1-2H3,(H,49,55,56)(H2,46,47,48,50). The monoisotopic (exact) mass is 863 g/mol. The van der Waals surface area contributed by atoms with Crippen molar-refractivity contribution in [3.63, 3.8) is 0 Å². The topological polar surface area (TPSA) is 152 Å². The van der Waals surface area contributed by atoms with Crippen molar-refractivity contribution in [2.75, 3.05) is 85.6 Å². The van der Waals surface area contributed by atoms with Gasteiger partial charge in [0.1, 0.15) is 10.8 Å². The molecule has 3 N–H and O–H groups in total. The second kappa shape index (κ2) is 17.5. The van der Waals surface area contributed by atoms with Gasteiger partial charge in [-0.3, -0.25) is 24.1 Å². The van der Waals surface area contributed by atoms with E-state index in [0.29, 0.717) is 60.6 Å². The van der Waals surface area contributed by atoms with Crippen molar-refractivity contribution < 1.29 is 31.5 Å². The minimum Gasteiger partial charge on any atom is -0.494 e. The SMILES string of the molecule is COc1cc(N2CCC(N3CCN(CCc4ccc(C5CCC(=O)NC5=O)c(F)c4F)CC3)CC2)ccc1Nc1ncc(Cl)c(Nc2cccc3c2N(S(C)(=O)=O)CC3)n1. The van der Waals surface area contributed by atoms with E-state index in [4.69, 9.17) is 16.3 Å². The van der Waals surface area contributed by atoms with Crippen molar-refractivity contribution in [2.24, 2.45) is 0 Å². The molecule has 1 unspecified atom stereocenters. The lowest BCUT2D eigenvalue weighted by Gasteiger charge is -2.43. The van der Waals surface area contributed by atoms with Gasteiger partial charge in [-0.2, -0.15) is 4.98 Å². The van der Waals surface area contributed by atoms with Crippen LogP contribution in [-0.2, 0) is 32.5 Å². The molecule has 2 amide bonds. The minimum absolute atomic E-state index is 0.00156. The van der Waals surface area contributed by atoms with Gasteiger partial charge < -0.3 is 25.2 Å². The van der Waals surface area contributed by atoms with Crippen LogP contribution in [-0.4, -0.2) is 112 Å². The van der Waals surface area contributed by atoms with Gasteiger partial charge in [0.15, 0.2) is 17.5 Å². The molecule has 3 saturated heterocycles. The number of rotatable bonds is 12. The van der Waals surface area contributed by atoms with Gasteiger partial charge in [-0.25, -0.2) is 22.2 Å². The average Bonchev–Trinajstić information content (AvgIpc) is 3.70. The number of piperidine rings is 2. The van der Waals surface area contributed by atoms with Gasteiger partial charge in [0.2, 0.25) is 27.8 Å². The number of benzene rings is 3. The number of imide groups is 1. The molecule has 0 aliphatic carbocycles. The number of ether oxygens (including phenoxy) is 1. The second-order valence-electron chi connectivity index (χ2n) is 15.7. The van der Waals surface area contributed by atoms with E-state index in [0.717, 1.165) is 63.4 Å².